The minimum Gasteiger partial charge on any atom is -0.252 e. The van der Waals surface area contributed by atoms with Crippen LogP contribution in [0.15, 0.2) is 40.9 Å². The van der Waals surface area contributed by atoms with Crippen molar-refractivity contribution in [2.45, 2.75) is 53.4 Å². The highest BCUT2D eigenvalue weighted by molar-refractivity contribution is 6.30. The normalized spacial score (nSPS) is 17.7. The number of aliphatic imine (C=N–C) groups is 1. The second-order valence-electron chi connectivity index (χ2n) is 8.21. The molecule has 1 aromatic rings. The maximum absolute atomic E-state index is 4.82. The van der Waals surface area contributed by atoms with E-state index in [-0.39, 0.29) is 10.8 Å². The third-order valence-electron chi connectivity index (χ3n) is 4.40. The molecule has 0 unspecified atom stereocenters. The summed E-state index contributed by atoms with van der Waals surface area (Å²) in [6.07, 6.45) is 5.64. The van der Waals surface area contributed by atoms with Crippen LogP contribution in [-0.4, -0.2) is 5.71 Å². The first-order chi connectivity index (χ1) is 9.66. The molecular formula is C20H25N. The number of fused-ring (bicyclic) bond motifs is 3. The molecule has 0 saturated heterocycles. The molecule has 1 aliphatic carbocycles. The van der Waals surface area contributed by atoms with Gasteiger partial charge in [0.2, 0.25) is 0 Å². The predicted molar refractivity (Wildman–Crippen MR) is 92.4 cm³/mol. The molecule has 1 aliphatic heterocycles. The fourth-order valence-corrected chi connectivity index (χ4v) is 2.94. The van der Waals surface area contributed by atoms with E-state index in [1.807, 2.05) is 0 Å². The van der Waals surface area contributed by atoms with Gasteiger partial charge in [-0.2, -0.15) is 0 Å². The quantitative estimate of drug-likeness (QED) is 0.566. The summed E-state index contributed by atoms with van der Waals surface area (Å²) >= 11 is 0. The average molecular weight is 279 g/mol. The second-order valence-corrected chi connectivity index (χ2v) is 8.21. The van der Waals surface area contributed by atoms with Gasteiger partial charge in [0.05, 0.1) is 11.4 Å². The number of hydrogen-bond donors (Lipinski definition) is 0. The molecule has 3 rings (SSSR count). The van der Waals surface area contributed by atoms with E-state index in [4.69, 9.17) is 4.99 Å². The Labute approximate surface area is 128 Å². The summed E-state index contributed by atoms with van der Waals surface area (Å²) in [6, 6.07) is 6.74. The van der Waals surface area contributed by atoms with Crippen LogP contribution in [0.1, 0.15) is 59.1 Å². The fourth-order valence-electron chi connectivity index (χ4n) is 2.94. The van der Waals surface area contributed by atoms with Gasteiger partial charge in [-0.05, 0) is 40.2 Å². The molecule has 21 heavy (non-hydrogen) atoms. The maximum atomic E-state index is 4.82. The van der Waals surface area contributed by atoms with Crippen LogP contribution >= 0.6 is 0 Å². The number of rotatable bonds is 0. The van der Waals surface area contributed by atoms with E-state index in [0.29, 0.717) is 0 Å². The van der Waals surface area contributed by atoms with Crippen LogP contribution in [0.2, 0.25) is 0 Å². The van der Waals surface area contributed by atoms with Gasteiger partial charge in [0.1, 0.15) is 0 Å². The van der Waals surface area contributed by atoms with Gasteiger partial charge in [-0.3, -0.25) is 4.99 Å². The topological polar surface area (TPSA) is 12.4 Å². The van der Waals surface area contributed by atoms with Gasteiger partial charge in [-0.15, -0.1) is 0 Å². The van der Waals surface area contributed by atoms with Crippen molar-refractivity contribution in [2.24, 2.45) is 10.4 Å². The Hall–Kier alpha value is -1.63. The SMILES string of the molecule is CC(C)(C)C1=CCC2=Nc3ccc(C(C)(C)C)cc3C2=C1. The molecule has 0 saturated carbocycles. The highest BCUT2D eigenvalue weighted by Crippen LogP contribution is 2.43. The first-order valence-electron chi connectivity index (χ1n) is 7.81. The van der Waals surface area contributed by atoms with E-state index in [9.17, 15) is 0 Å². The Morgan fingerprint density at radius 1 is 0.952 bits per heavy atom. The largest absolute Gasteiger partial charge is 0.252 e. The first-order valence-corrected chi connectivity index (χ1v) is 7.81. The number of nitrogens with zero attached hydrogens (tertiary/aromatic N) is 1. The molecule has 1 heteroatoms. The Bertz CT molecular complexity index is 686. The first kappa shape index (κ1) is 14.3. The smallest absolute Gasteiger partial charge is 0.0712 e. The zero-order valence-electron chi connectivity index (χ0n) is 14.0. The third-order valence-corrected chi connectivity index (χ3v) is 4.40. The van der Waals surface area contributed by atoms with Gasteiger partial charge in [0.25, 0.3) is 0 Å². The highest BCUT2D eigenvalue weighted by Gasteiger charge is 2.27. The van der Waals surface area contributed by atoms with E-state index in [1.165, 1.54) is 28.0 Å². The summed E-state index contributed by atoms with van der Waals surface area (Å²) < 4.78 is 0. The monoisotopic (exact) mass is 279 g/mol. The average Bonchev–Trinajstić information content (AvgIpc) is 2.73. The molecule has 0 spiro atoms. The van der Waals surface area contributed by atoms with Crippen LogP contribution in [0, 0.1) is 5.41 Å². The van der Waals surface area contributed by atoms with Crippen molar-refractivity contribution in [1.29, 1.82) is 0 Å². The molecule has 0 fully saturated rings. The molecule has 1 heterocycles. The maximum Gasteiger partial charge on any atom is 0.0712 e. The van der Waals surface area contributed by atoms with Crippen molar-refractivity contribution in [2.75, 3.05) is 0 Å². The molecule has 0 amide bonds. The summed E-state index contributed by atoms with van der Waals surface area (Å²) in [5.74, 6) is 0. The summed E-state index contributed by atoms with van der Waals surface area (Å²) in [4.78, 5) is 4.82. The predicted octanol–water partition coefficient (Wildman–Crippen LogP) is 5.83. The Morgan fingerprint density at radius 3 is 2.29 bits per heavy atom. The minimum atomic E-state index is 0.176. The lowest BCUT2D eigenvalue weighted by atomic mass is 9.79. The molecule has 110 valence electrons. The fraction of sp³-hybridized carbons (Fsp3) is 0.450. The molecule has 0 radical (unpaired) electrons. The van der Waals surface area contributed by atoms with Crippen molar-refractivity contribution in [3.8, 4) is 0 Å². The lowest BCUT2D eigenvalue weighted by Gasteiger charge is -2.25. The van der Waals surface area contributed by atoms with Crippen LogP contribution < -0.4 is 0 Å². The molecule has 0 aromatic heterocycles. The Morgan fingerprint density at radius 2 is 1.67 bits per heavy atom. The summed E-state index contributed by atoms with van der Waals surface area (Å²) in [7, 11) is 0. The lowest BCUT2D eigenvalue weighted by Crippen LogP contribution is -2.13. The van der Waals surface area contributed by atoms with E-state index in [1.54, 1.807) is 0 Å². The number of benzene rings is 1. The number of allylic oxidation sites excluding steroid dienone is 4. The van der Waals surface area contributed by atoms with Gasteiger partial charge in [0, 0.05) is 17.6 Å². The zero-order valence-corrected chi connectivity index (χ0v) is 14.0. The van der Waals surface area contributed by atoms with Gasteiger partial charge >= 0.3 is 0 Å². The lowest BCUT2D eigenvalue weighted by molar-refractivity contribution is 0.515. The third kappa shape index (κ3) is 2.50. The van der Waals surface area contributed by atoms with E-state index >= 15 is 0 Å². The van der Waals surface area contributed by atoms with Gasteiger partial charge in [-0.1, -0.05) is 53.7 Å². The van der Waals surface area contributed by atoms with Crippen LogP contribution in [0.4, 0.5) is 5.69 Å². The van der Waals surface area contributed by atoms with Crippen molar-refractivity contribution < 1.29 is 0 Å². The van der Waals surface area contributed by atoms with E-state index in [2.05, 4.69) is 71.9 Å². The molecule has 0 N–H and O–H groups in total. The molecule has 1 aromatic carbocycles. The van der Waals surface area contributed by atoms with E-state index in [0.717, 1.165) is 12.1 Å². The molecule has 2 aliphatic rings. The zero-order chi connectivity index (χ0) is 15.4. The minimum absolute atomic E-state index is 0.176. The van der Waals surface area contributed by atoms with Crippen LogP contribution in [-0.2, 0) is 5.41 Å². The van der Waals surface area contributed by atoms with Gasteiger partial charge in [0.15, 0.2) is 0 Å². The van der Waals surface area contributed by atoms with Gasteiger partial charge in [-0.25, -0.2) is 0 Å². The van der Waals surface area contributed by atoms with Crippen molar-refractivity contribution >= 4 is 17.0 Å². The molecule has 0 atom stereocenters. The standard InChI is InChI=1S/C20H25N/c1-19(2,3)13-7-9-17-15(11-13)16-12-14(20(4,5)6)8-10-18(16)21-17/h7-9,11-12H,10H2,1-6H3. The van der Waals surface area contributed by atoms with Crippen molar-refractivity contribution in [1.82, 2.24) is 0 Å². The van der Waals surface area contributed by atoms with Crippen LogP contribution in [0.5, 0.6) is 0 Å². The summed E-state index contributed by atoms with van der Waals surface area (Å²) in [5.41, 5.74) is 8.18. The molecule has 1 nitrogen and oxygen atoms in total. The van der Waals surface area contributed by atoms with Crippen molar-refractivity contribution in [3.63, 3.8) is 0 Å². The molecule has 0 bridgehead atoms. The Balaban J connectivity index is 2.09. The second kappa shape index (κ2) is 4.43. The summed E-state index contributed by atoms with van der Waals surface area (Å²) in [6.45, 7) is 13.6. The van der Waals surface area contributed by atoms with Crippen molar-refractivity contribution in [3.05, 3.63) is 47.1 Å². The molecular weight excluding hydrogens is 254 g/mol. The van der Waals surface area contributed by atoms with Crippen LogP contribution in [0.25, 0.3) is 5.57 Å². The van der Waals surface area contributed by atoms with Gasteiger partial charge < -0.3 is 0 Å². The highest BCUT2D eigenvalue weighted by atomic mass is 14.8. The number of hydrogen-bond acceptors (Lipinski definition) is 1. The Kier molecular flexibility index (Phi) is 3.02. The van der Waals surface area contributed by atoms with E-state index < -0.39 is 0 Å². The summed E-state index contributed by atoms with van der Waals surface area (Å²) in [5, 5.41) is 0. The van der Waals surface area contributed by atoms with Crippen LogP contribution in [0.3, 0.4) is 0 Å².